The van der Waals surface area contributed by atoms with Gasteiger partial charge in [-0.2, -0.15) is 0 Å². The van der Waals surface area contributed by atoms with Crippen LogP contribution in [0, 0.1) is 5.41 Å². The smallest absolute Gasteiger partial charge is 0.161 e. The summed E-state index contributed by atoms with van der Waals surface area (Å²) in [5.74, 6) is 1.26. The van der Waals surface area contributed by atoms with E-state index in [0.717, 1.165) is 12.1 Å². The molecule has 0 unspecified atom stereocenters. The van der Waals surface area contributed by atoms with Crippen molar-refractivity contribution >= 4 is 5.84 Å². The van der Waals surface area contributed by atoms with E-state index in [1.165, 1.54) is 0 Å². The van der Waals surface area contributed by atoms with Crippen molar-refractivity contribution in [3.05, 3.63) is 53.9 Å². The Bertz CT molecular complexity index is 600. The van der Waals surface area contributed by atoms with Crippen molar-refractivity contribution in [2.75, 3.05) is 13.2 Å². The van der Waals surface area contributed by atoms with Crippen LogP contribution in [0.5, 0.6) is 11.5 Å². The fourth-order valence-electron chi connectivity index (χ4n) is 1.87. The molecular weight excluding hydrogens is 266 g/mol. The molecule has 0 fully saturated rings. The maximum Gasteiger partial charge on any atom is 0.161 e. The lowest BCUT2D eigenvalue weighted by molar-refractivity contribution is 0.278. The lowest BCUT2D eigenvalue weighted by Crippen LogP contribution is -2.12. The third-order valence-electron chi connectivity index (χ3n) is 2.90. The Balaban J connectivity index is 2.03. The third kappa shape index (κ3) is 4.21. The largest absolute Gasteiger partial charge is 0.490 e. The maximum absolute atomic E-state index is 7.46. The molecule has 2 rings (SSSR count). The lowest BCUT2D eigenvalue weighted by Gasteiger charge is -2.13. The molecule has 0 aliphatic carbocycles. The normalized spacial score (nSPS) is 10.1. The molecule has 1 aromatic carbocycles. The number of nitrogens with two attached hydrogens (primary N) is 1. The van der Waals surface area contributed by atoms with E-state index in [1.54, 1.807) is 24.4 Å². The average Bonchev–Trinajstić information content (AvgIpc) is 2.50. The van der Waals surface area contributed by atoms with Gasteiger partial charge in [0.2, 0.25) is 0 Å². The number of benzene rings is 1. The molecule has 0 amide bonds. The number of nitrogens with one attached hydrogen (secondary N) is 1. The highest BCUT2D eigenvalue weighted by molar-refractivity contribution is 5.95. The van der Waals surface area contributed by atoms with Gasteiger partial charge in [-0.25, -0.2) is 0 Å². The molecule has 21 heavy (non-hydrogen) atoms. The number of pyridine rings is 1. The zero-order valence-corrected chi connectivity index (χ0v) is 12.0. The first kappa shape index (κ1) is 14.8. The summed E-state index contributed by atoms with van der Waals surface area (Å²) < 4.78 is 11.3. The van der Waals surface area contributed by atoms with E-state index >= 15 is 0 Å². The van der Waals surface area contributed by atoms with Crippen molar-refractivity contribution in [1.82, 2.24) is 4.98 Å². The zero-order valence-electron chi connectivity index (χ0n) is 12.0. The summed E-state index contributed by atoms with van der Waals surface area (Å²) in [6, 6.07) is 11.1. The summed E-state index contributed by atoms with van der Waals surface area (Å²) in [5, 5.41) is 7.46. The fraction of sp³-hybridized carbons (Fsp3) is 0.250. The molecule has 0 radical (unpaired) electrons. The van der Waals surface area contributed by atoms with Gasteiger partial charge in [0, 0.05) is 23.9 Å². The summed E-state index contributed by atoms with van der Waals surface area (Å²) in [7, 11) is 0. The summed E-state index contributed by atoms with van der Waals surface area (Å²) in [6.07, 6.45) is 2.49. The van der Waals surface area contributed by atoms with Gasteiger partial charge in [-0.1, -0.05) is 6.07 Å². The molecule has 5 nitrogen and oxygen atoms in total. The van der Waals surface area contributed by atoms with Crippen LogP contribution in [-0.2, 0) is 6.42 Å². The van der Waals surface area contributed by atoms with Gasteiger partial charge in [-0.15, -0.1) is 0 Å². The van der Waals surface area contributed by atoms with Crippen molar-refractivity contribution < 1.29 is 9.47 Å². The summed E-state index contributed by atoms with van der Waals surface area (Å²) in [5.41, 5.74) is 7.09. The van der Waals surface area contributed by atoms with Crippen LogP contribution >= 0.6 is 0 Å². The second kappa shape index (κ2) is 7.28. The maximum atomic E-state index is 7.46. The summed E-state index contributed by atoms with van der Waals surface area (Å²) >= 11 is 0. The lowest BCUT2D eigenvalue weighted by atomic mass is 10.2. The van der Waals surface area contributed by atoms with Crippen molar-refractivity contribution in [2.45, 2.75) is 13.3 Å². The minimum absolute atomic E-state index is 0.0102. The first-order chi connectivity index (χ1) is 10.2. The second-order valence-electron chi connectivity index (χ2n) is 4.43. The third-order valence-corrected chi connectivity index (χ3v) is 2.90. The molecule has 3 N–H and O–H groups in total. The highest BCUT2D eigenvalue weighted by Gasteiger charge is 2.08. The van der Waals surface area contributed by atoms with Crippen LogP contribution in [0.2, 0.25) is 0 Å². The van der Waals surface area contributed by atoms with Gasteiger partial charge in [0.25, 0.3) is 0 Å². The average molecular weight is 285 g/mol. The fourth-order valence-corrected chi connectivity index (χ4v) is 1.87. The topological polar surface area (TPSA) is 81.2 Å². The summed E-state index contributed by atoms with van der Waals surface area (Å²) in [4.78, 5) is 4.25. The molecule has 110 valence electrons. The van der Waals surface area contributed by atoms with Gasteiger partial charge >= 0.3 is 0 Å². The monoisotopic (exact) mass is 285 g/mol. The molecule has 0 aliphatic heterocycles. The predicted octanol–water partition coefficient (Wildman–Crippen LogP) is 2.39. The first-order valence-electron chi connectivity index (χ1n) is 6.84. The summed E-state index contributed by atoms with van der Waals surface area (Å²) in [6.45, 7) is 2.94. The molecule has 0 saturated carbocycles. The second-order valence-corrected chi connectivity index (χ2v) is 4.43. The highest BCUT2D eigenvalue weighted by Crippen LogP contribution is 2.28. The predicted molar refractivity (Wildman–Crippen MR) is 82.1 cm³/mol. The van der Waals surface area contributed by atoms with Crippen molar-refractivity contribution in [3.8, 4) is 11.5 Å². The van der Waals surface area contributed by atoms with Crippen LogP contribution in [0.4, 0.5) is 0 Å². The van der Waals surface area contributed by atoms with Gasteiger partial charge in [0.1, 0.15) is 5.84 Å². The molecule has 0 saturated heterocycles. The number of hydrogen-bond donors (Lipinski definition) is 2. The molecule has 5 heteroatoms. The van der Waals surface area contributed by atoms with Crippen molar-refractivity contribution in [1.29, 1.82) is 5.41 Å². The molecule has 0 atom stereocenters. The van der Waals surface area contributed by atoms with Crippen LogP contribution in [0.1, 0.15) is 18.2 Å². The Hall–Kier alpha value is -2.56. The molecular formula is C16H19N3O2. The van der Waals surface area contributed by atoms with Gasteiger partial charge in [-0.05, 0) is 37.3 Å². The number of amidine groups is 1. The molecule has 1 aromatic heterocycles. The minimum atomic E-state index is 0.0102. The van der Waals surface area contributed by atoms with Crippen molar-refractivity contribution in [3.63, 3.8) is 0 Å². The SMILES string of the molecule is CCOc1cc(C(=N)N)ccc1OCCc1ccccn1. The van der Waals surface area contributed by atoms with Crippen LogP contribution in [-0.4, -0.2) is 24.0 Å². The standard InChI is InChI=1S/C16H19N3O2/c1-2-20-15-11-12(16(17)18)6-7-14(15)21-10-8-13-5-3-4-9-19-13/h3-7,9,11H,2,8,10H2,1H3,(H3,17,18). The number of aromatic nitrogens is 1. The van der Waals surface area contributed by atoms with Gasteiger partial charge < -0.3 is 15.2 Å². The van der Waals surface area contributed by atoms with Gasteiger partial charge in [0.05, 0.1) is 13.2 Å². The molecule has 1 heterocycles. The number of ether oxygens (including phenoxy) is 2. The molecule has 0 aliphatic rings. The van der Waals surface area contributed by atoms with E-state index in [9.17, 15) is 0 Å². The van der Waals surface area contributed by atoms with E-state index < -0.39 is 0 Å². The number of nitrogen functional groups attached to an aromatic ring is 1. The number of nitrogens with zero attached hydrogens (tertiary/aromatic N) is 1. The minimum Gasteiger partial charge on any atom is -0.490 e. The number of hydrogen-bond acceptors (Lipinski definition) is 4. The molecule has 2 aromatic rings. The zero-order chi connectivity index (χ0) is 15.1. The first-order valence-corrected chi connectivity index (χ1v) is 6.84. The van der Waals surface area contributed by atoms with E-state index in [1.807, 2.05) is 25.1 Å². The van der Waals surface area contributed by atoms with Crippen LogP contribution in [0.15, 0.2) is 42.6 Å². The molecule has 0 spiro atoms. The Morgan fingerprint density at radius 3 is 2.71 bits per heavy atom. The van der Waals surface area contributed by atoms with E-state index in [0.29, 0.717) is 30.3 Å². The van der Waals surface area contributed by atoms with Gasteiger partial charge in [0.15, 0.2) is 11.5 Å². The van der Waals surface area contributed by atoms with E-state index in [-0.39, 0.29) is 5.84 Å². The quantitative estimate of drug-likeness (QED) is 0.604. The molecule has 0 bridgehead atoms. The Labute approximate surface area is 124 Å². The highest BCUT2D eigenvalue weighted by atomic mass is 16.5. The van der Waals surface area contributed by atoms with Crippen LogP contribution in [0.3, 0.4) is 0 Å². The van der Waals surface area contributed by atoms with E-state index in [2.05, 4.69) is 4.98 Å². The van der Waals surface area contributed by atoms with Crippen LogP contribution in [0.25, 0.3) is 0 Å². The van der Waals surface area contributed by atoms with Gasteiger partial charge in [-0.3, -0.25) is 10.4 Å². The Kier molecular flexibility index (Phi) is 5.15. The Morgan fingerprint density at radius 2 is 2.05 bits per heavy atom. The van der Waals surface area contributed by atoms with E-state index in [4.69, 9.17) is 20.6 Å². The van der Waals surface area contributed by atoms with Crippen LogP contribution < -0.4 is 15.2 Å². The van der Waals surface area contributed by atoms with Crippen molar-refractivity contribution in [2.24, 2.45) is 5.73 Å². The number of rotatable bonds is 7. The Morgan fingerprint density at radius 1 is 1.19 bits per heavy atom.